The molecule has 1 N–H and O–H groups in total. The lowest BCUT2D eigenvalue weighted by Gasteiger charge is -2.12. The average molecular weight is 298 g/mol. The van der Waals surface area contributed by atoms with E-state index in [4.69, 9.17) is 9.63 Å². The minimum Gasteiger partial charge on any atom is -0.383 e. The largest absolute Gasteiger partial charge is 0.414 e. The first-order valence-electron chi connectivity index (χ1n) is 6.55. The van der Waals surface area contributed by atoms with E-state index in [-0.39, 0.29) is 11.3 Å². The van der Waals surface area contributed by atoms with Gasteiger partial charge in [-0.3, -0.25) is 0 Å². The first-order valence-corrected chi connectivity index (χ1v) is 6.55. The number of aromatic nitrogens is 2. The quantitative estimate of drug-likeness (QED) is 0.942. The van der Waals surface area contributed by atoms with E-state index >= 15 is 0 Å². The van der Waals surface area contributed by atoms with E-state index < -0.39 is 18.7 Å². The van der Waals surface area contributed by atoms with E-state index in [2.05, 4.69) is 10.1 Å². The van der Waals surface area contributed by atoms with Gasteiger partial charge < -0.3 is 9.63 Å². The Morgan fingerprint density at radius 3 is 2.48 bits per heavy atom. The third kappa shape index (κ3) is 2.65. The van der Waals surface area contributed by atoms with Gasteiger partial charge in [0.25, 0.3) is 0 Å². The summed E-state index contributed by atoms with van der Waals surface area (Å²) in [6, 6.07) is 9.55. The van der Waals surface area contributed by atoms with E-state index in [1.54, 1.807) is 0 Å². The molecule has 7 heteroatoms. The zero-order valence-corrected chi connectivity index (χ0v) is 11.0. The summed E-state index contributed by atoms with van der Waals surface area (Å²) in [6.07, 6.45) is -6.24. The number of nitrogens with zero attached hydrogens (tertiary/aromatic N) is 2. The molecule has 0 amide bonds. The summed E-state index contributed by atoms with van der Waals surface area (Å²) >= 11 is 0. The maximum Gasteiger partial charge on any atom is 0.414 e. The standard InChI is InChI=1S/C14H13F3N2O2/c15-14(16,17)10(20)8-11-18-12(19-21-11)13(6-7-13)9-4-2-1-3-5-9/h1-5,10,20H,6-8H2. The second kappa shape index (κ2) is 4.84. The number of rotatable bonds is 4. The zero-order chi connectivity index (χ0) is 15.1. The molecule has 0 bridgehead atoms. The van der Waals surface area contributed by atoms with Gasteiger partial charge in [-0.1, -0.05) is 35.5 Å². The number of halogens is 3. The predicted octanol–water partition coefficient (Wildman–Crippen LogP) is 2.62. The van der Waals surface area contributed by atoms with Crippen molar-refractivity contribution in [2.75, 3.05) is 0 Å². The normalized spacial score (nSPS) is 18.5. The highest BCUT2D eigenvalue weighted by molar-refractivity contribution is 5.38. The number of aliphatic hydroxyl groups is 1. The lowest BCUT2D eigenvalue weighted by Crippen LogP contribution is -2.30. The van der Waals surface area contributed by atoms with Crippen molar-refractivity contribution in [2.45, 2.75) is 37.0 Å². The Hall–Kier alpha value is -1.89. The van der Waals surface area contributed by atoms with Gasteiger partial charge in [0.15, 0.2) is 11.9 Å². The lowest BCUT2D eigenvalue weighted by atomic mass is 9.95. The zero-order valence-electron chi connectivity index (χ0n) is 11.0. The van der Waals surface area contributed by atoms with Gasteiger partial charge in [-0.05, 0) is 18.4 Å². The van der Waals surface area contributed by atoms with E-state index in [1.807, 2.05) is 30.3 Å². The minimum absolute atomic E-state index is 0.197. The molecular weight excluding hydrogens is 285 g/mol. The molecule has 2 aromatic rings. The number of benzene rings is 1. The van der Waals surface area contributed by atoms with E-state index in [0.29, 0.717) is 5.82 Å². The van der Waals surface area contributed by atoms with Crippen LogP contribution >= 0.6 is 0 Å². The molecule has 1 fully saturated rings. The van der Waals surface area contributed by atoms with Crippen LogP contribution in [0, 0.1) is 0 Å². The fourth-order valence-corrected chi connectivity index (χ4v) is 2.34. The summed E-state index contributed by atoms with van der Waals surface area (Å²) in [5, 5.41) is 12.8. The fourth-order valence-electron chi connectivity index (χ4n) is 2.34. The number of aliphatic hydroxyl groups excluding tert-OH is 1. The van der Waals surface area contributed by atoms with Gasteiger partial charge in [-0.25, -0.2) is 0 Å². The van der Waals surface area contributed by atoms with Crippen molar-refractivity contribution in [1.82, 2.24) is 10.1 Å². The molecule has 1 aliphatic rings. The van der Waals surface area contributed by atoms with Gasteiger partial charge in [0.1, 0.15) is 0 Å². The van der Waals surface area contributed by atoms with Crippen LogP contribution in [0.2, 0.25) is 0 Å². The highest BCUT2D eigenvalue weighted by Crippen LogP contribution is 2.52. The van der Waals surface area contributed by atoms with E-state index in [0.717, 1.165) is 18.4 Å². The molecule has 3 rings (SSSR count). The van der Waals surface area contributed by atoms with Gasteiger partial charge in [0.2, 0.25) is 5.89 Å². The maximum absolute atomic E-state index is 12.3. The Labute approximate surface area is 118 Å². The first kappa shape index (κ1) is 14.1. The Bertz CT molecular complexity index is 621. The molecule has 1 atom stereocenters. The van der Waals surface area contributed by atoms with Crippen LogP contribution in [0.1, 0.15) is 30.1 Å². The molecule has 21 heavy (non-hydrogen) atoms. The summed E-state index contributed by atoms with van der Waals surface area (Å²) in [5.41, 5.74) is 0.667. The van der Waals surface area contributed by atoms with Crippen molar-refractivity contribution in [1.29, 1.82) is 0 Å². The van der Waals surface area contributed by atoms with Gasteiger partial charge in [0, 0.05) is 0 Å². The highest BCUT2D eigenvalue weighted by atomic mass is 19.4. The Morgan fingerprint density at radius 2 is 1.90 bits per heavy atom. The fraction of sp³-hybridized carbons (Fsp3) is 0.429. The minimum atomic E-state index is -4.69. The predicted molar refractivity (Wildman–Crippen MR) is 66.5 cm³/mol. The van der Waals surface area contributed by atoms with Crippen molar-refractivity contribution in [3.63, 3.8) is 0 Å². The van der Waals surface area contributed by atoms with Crippen molar-refractivity contribution in [3.05, 3.63) is 47.6 Å². The molecule has 4 nitrogen and oxygen atoms in total. The van der Waals surface area contributed by atoms with Crippen LogP contribution in [0.4, 0.5) is 13.2 Å². The number of hydrogen-bond acceptors (Lipinski definition) is 4. The van der Waals surface area contributed by atoms with Crippen LogP contribution in [0.3, 0.4) is 0 Å². The van der Waals surface area contributed by atoms with Crippen LogP contribution in [-0.2, 0) is 11.8 Å². The van der Waals surface area contributed by atoms with Crippen molar-refractivity contribution < 1.29 is 22.8 Å². The molecule has 1 aliphatic carbocycles. The van der Waals surface area contributed by atoms with E-state index in [9.17, 15) is 13.2 Å². The van der Waals surface area contributed by atoms with Gasteiger partial charge >= 0.3 is 6.18 Å². The summed E-state index contributed by atoms with van der Waals surface area (Å²) in [6.45, 7) is 0. The number of hydrogen-bond donors (Lipinski definition) is 1. The van der Waals surface area contributed by atoms with Crippen molar-refractivity contribution >= 4 is 0 Å². The molecule has 1 heterocycles. The van der Waals surface area contributed by atoms with Crippen LogP contribution < -0.4 is 0 Å². The molecule has 0 spiro atoms. The van der Waals surface area contributed by atoms with Gasteiger partial charge in [-0.15, -0.1) is 0 Å². The lowest BCUT2D eigenvalue weighted by molar-refractivity contribution is -0.204. The second-order valence-corrected chi connectivity index (χ2v) is 5.22. The average Bonchev–Trinajstić information content (AvgIpc) is 3.13. The van der Waals surface area contributed by atoms with Crippen LogP contribution in [0.25, 0.3) is 0 Å². The van der Waals surface area contributed by atoms with Crippen LogP contribution in [0.5, 0.6) is 0 Å². The summed E-state index contributed by atoms with van der Waals surface area (Å²) in [4.78, 5) is 4.04. The summed E-state index contributed by atoms with van der Waals surface area (Å²) < 4.78 is 41.8. The molecule has 1 saturated carbocycles. The van der Waals surface area contributed by atoms with Crippen LogP contribution in [0.15, 0.2) is 34.9 Å². The van der Waals surface area contributed by atoms with Crippen molar-refractivity contribution in [2.24, 2.45) is 0 Å². The smallest absolute Gasteiger partial charge is 0.383 e. The molecular formula is C14H13F3N2O2. The monoisotopic (exact) mass is 298 g/mol. The third-order valence-electron chi connectivity index (χ3n) is 3.72. The maximum atomic E-state index is 12.3. The molecule has 112 valence electrons. The molecule has 1 aromatic heterocycles. The first-order chi connectivity index (χ1) is 9.92. The van der Waals surface area contributed by atoms with Gasteiger partial charge in [0.05, 0.1) is 11.8 Å². The summed E-state index contributed by atoms with van der Waals surface area (Å²) in [7, 11) is 0. The van der Waals surface area contributed by atoms with Crippen LogP contribution in [-0.4, -0.2) is 27.5 Å². The number of alkyl halides is 3. The van der Waals surface area contributed by atoms with Crippen molar-refractivity contribution in [3.8, 4) is 0 Å². The second-order valence-electron chi connectivity index (χ2n) is 5.22. The Kier molecular flexibility index (Phi) is 3.24. The SMILES string of the molecule is OC(Cc1nc(C2(c3ccccc3)CC2)no1)C(F)(F)F. The molecule has 0 aliphatic heterocycles. The van der Waals surface area contributed by atoms with E-state index in [1.165, 1.54) is 0 Å². The Morgan fingerprint density at radius 1 is 1.24 bits per heavy atom. The summed E-state index contributed by atoms with van der Waals surface area (Å²) in [5.74, 6) is 0.190. The molecule has 1 unspecified atom stereocenters. The molecule has 1 aromatic carbocycles. The third-order valence-corrected chi connectivity index (χ3v) is 3.72. The highest BCUT2D eigenvalue weighted by Gasteiger charge is 2.50. The molecule has 0 saturated heterocycles. The topological polar surface area (TPSA) is 59.2 Å². The molecule has 0 radical (unpaired) electrons. The van der Waals surface area contributed by atoms with Gasteiger partial charge in [-0.2, -0.15) is 18.2 Å². The Balaban J connectivity index is 1.80.